The molecule has 124 valence electrons. The van der Waals surface area contributed by atoms with Gasteiger partial charge in [-0.1, -0.05) is 18.2 Å². The minimum Gasteiger partial charge on any atom is -0.350 e. The molecule has 1 unspecified atom stereocenters. The molecule has 6 nitrogen and oxygen atoms in total. The van der Waals surface area contributed by atoms with Crippen molar-refractivity contribution in [1.82, 2.24) is 15.3 Å². The van der Waals surface area contributed by atoms with Gasteiger partial charge in [-0.2, -0.15) is 0 Å². The van der Waals surface area contributed by atoms with E-state index < -0.39 is 0 Å². The maximum atomic E-state index is 12.1. The normalized spacial score (nSPS) is 16.2. The summed E-state index contributed by atoms with van der Waals surface area (Å²) in [6.07, 6.45) is 3.22. The summed E-state index contributed by atoms with van der Waals surface area (Å²) in [6.45, 7) is 2.19. The number of hydrogen-bond acceptors (Lipinski definition) is 4. The van der Waals surface area contributed by atoms with Crippen LogP contribution in [0.1, 0.15) is 29.9 Å². The summed E-state index contributed by atoms with van der Waals surface area (Å²) in [4.78, 5) is 32.4. The van der Waals surface area contributed by atoms with Crippen molar-refractivity contribution in [3.8, 4) is 0 Å². The van der Waals surface area contributed by atoms with Gasteiger partial charge in [-0.25, -0.2) is 9.97 Å². The Morgan fingerprint density at radius 2 is 2.17 bits per heavy atom. The molecule has 2 heterocycles. The quantitative estimate of drug-likeness (QED) is 0.881. The van der Waals surface area contributed by atoms with E-state index in [4.69, 9.17) is 0 Å². The lowest BCUT2D eigenvalue weighted by Gasteiger charge is -2.24. The Hall–Kier alpha value is -2.76. The molecule has 1 aliphatic rings. The molecule has 24 heavy (non-hydrogen) atoms. The number of amides is 2. The summed E-state index contributed by atoms with van der Waals surface area (Å²) in [5.41, 5.74) is 2.78. The van der Waals surface area contributed by atoms with Gasteiger partial charge in [-0.05, 0) is 37.5 Å². The van der Waals surface area contributed by atoms with Gasteiger partial charge >= 0.3 is 0 Å². The molecule has 0 saturated carbocycles. The monoisotopic (exact) mass is 324 g/mol. The molecule has 0 radical (unpaired) electrons. The fourth-order valence-corrected chi connectivity index (χ4v) is 2.83. The maximum Gasteiger partial charge on any atom is 0.227 e. The van der Waals surface area contributed by atoms with Crippen LogP contribution in [0.3, 0.4) is 0 Å². The van der Waals surface area contributed by atoms with Crippen LogP contribution in [0.2, 0.25) is 0 Å². The van der Waals surface area contributed by atoms with Gasteiger partial charge in [0.1, 0.15) is 5.82 Å². The average molecular weight is 324 g/mol. The van der Waals surface area contributed by atoms with E-state index in [0.29, 0.717) is 31.6 Å². The van der Waals surface area contributed by atoms with E-state index in [-0.39, 0.29) is 17.7 Å². The molecule has 0 saturated heterocycles. The van der Waals surface area contributed by atoms with Crippen LogP contribution in [0.5, 0.6) is 0 Å². The van der Waals surface area contributed by atoms with Gasteiger partial charge in [-0.3, -0.25) is 9.59 Å². The molecule has 1 aromatic carbocycles. The van der Waals surface area contributed by atoms with Crippen LogP contribution in [0.25, 0.3) is 0 Å². The summed E-state index contributed by atoms with van der Waals surface area (Å²) in [5.74, 6) is 0.442. The molecule has 1 atom stereocenters. The van der Waals surface area contributed by atoms with E-state index in [2.05, 4.69) is 20.6 Å². The van der Waals surface area contributed by atoms with Gasteiger partial charge in [0.25, 0.3) is 0 Å². The lowest BCUT2D eigenvalue weighted by atomic mass is 9.89. The number of anilines is 1. The van der Waals surface area contributed by atoms with E-state index in [9.17, 15) is 9.59 Å². The predicted molar refractivity (Wildman–Crippen MR) is 90.1 cm³/mol. The van der Waals surface area contributed by atoms with Gasteiger partial charge < -0.3 is 10.6 Å². The number of benzene rings is 1. The molecule has 1 aromatic heterocycles. The van der Waals surface area contributed by atoms with Crippen LogP contribution in [0.4, 0.5) is 5.69 Å². The highest BCUT2D eigenvalue weighted by Gasteiger charge is 2.26. The summed E-state index contributed by atoms with van der Waals surface area (Å²) >= 11 is 0. The van der Waals surface area contributed by atoms with Gasteiger partial charge in [0, 0.05) is 24.2 Å². The lowest BCUT2D eigenvalue weighted by molar-refractivity contribution is -0.123. The van der Waals surface area contributed by atoms with Gasteiger partial charge in [0.15, 0.2) is 0 Å². The number of aryl methyl sites for hydroxylation is 1. The molecule has 0 spiro atoms. The van der Waals surface area contributed by atoms with E-state index >= 15 is 0 Å². The molecule has 3 rings (SSSR count). The van der Waals surface area contributed by atoms with Crippen LogP contribution in [0, 0.1) is 12.8 Å². The van der Waals surface area contributed by atoms with Crippen molar-refractivity contribution in [3.63, 3.8) is 0 Å². The second-order valence-electron chi connectivity index (χ2n) is 5.96. The first kappa shape index (κ1) is 16.1. The molecule has 0 bridgehead atoms. The van der Waals surface area contributed by atoms with Crippen LogP contribution >= 0.6 is 0 Å². The minimum atomic E-state index is -0.160. The zero-order valence-electron chi connectivity index (χ0n) is 13.6. The van der Waals surface area contributed by atoms with Crippen LogP contribution < -0.4 is 10.6 Å². The molecule has 6 heteroatoms. The predicted octanol–water partition coefficient (Wildman–Crippen LogP) is 1.99. The van der Waals surface area contributed by atoms with Gasteiger partial charge in [-0.15, -0.1) is 0 Å². The van der Waals surface area contributed by atoms with E-state index in [1.807, 2.05) is 31.2 Å². The topological polar surface area (TPSA) is 84.0 Å². The number of carbonyl (C=O) groups is 2. The molecule has 2 aromatic rings. The first-order valence-corrected chi connectivity index (χ1v) is 8.06. The number of para-hydroxylation sites is 1. The molecule has 2 N–H and O–H groups in total. The van der Waals surface area contributed by atoms with E-state index in [1.54, 1.807) is 12.3 Å². The van der Waals surface area contributed by atoms with Crippen molar-refractivity contribution in [2.45, 2.75) is 32.7 Å². The van der Waals surface area contributed by atoms with Crippen molar-refractivity contribution in [2.24, 2.45) is 5.92 Å². The smallest absolute Gasteiger partial charge is 0.227 e. The Morgan fingerprint density at radius 3 is 3.00 bits per heavy atom. The Morgan fingerprint density at radius 1 is 1.33 bits per heavy atom. The Bertz CT molecular complexity index is 760. The minimum absolute atomic E-state index is 0.00655. The summed E-state index contributed by atoms with van der Waals surface area (Å²) in [7, 11) is 0. The SMILES string of the molecule is Cc1nccc(CNC(=O)CCC2Cc3ccccc3NC2=O)n1. The summed E-state index contributed by atoms with van der Waals surface area (Å²) in [6, 6.07) is 9.56. The highest BCUT2D eigenvalue weighted by atomic mass is 16.2. The molecule has 2 amide bonds. The van der Waals surface area contributed by atoms with Crippen molar-refractivity contribution in [1.29, 1.82) is 0 Å². The van der Waals surface area contributed by atoms with E-state index in [0.717, 1.165) is 16.9 Å². The highest BCUT2D eigenvalue weighted by molar-refractivity contribution is 5.96. The third kappa shape index (κ3) is 3.95. The van der Waals surface area contributed by atoms with Crippen LogP contribution in [-0.4, -0.2) is 21.8 Å². The van der Waals surface area contributed by atoms with Crippen molar-refractivity contribution in [3.05, 3.63) is 53.6 Å². The third-order valence-electron chi connectivity index (χ3n) is 4.13. The summed E-state index contributed by atoms with van der Waals surface area (Å²) < 4.78 is 0. The first-order valence-electron chi connectivity index (χ1n) is 8.06. The van der Waals surface area contributed by atoms with Crippen LogP contribution in [0.15, 0.2) is 36.5 Å². The van der Waals surface area contributed by atoms with Gasteiger partial charge in [0.05, 0.1) is 12.2 Å². The fraction of sp³-hybridized carbons (Fsp3) is 0.333. The Kier molecular flexibility index (Phi) is 4.84. The van der Waals surface area contributed by atoms with E-state index in [1.165, 1.54) is 0 Å². The highest BCUT2D eigenvalue weighted by Crippen LogP contribution is 2.27. The standard InChI is InChI=1S/C18H20N4O2/c1-12-19-9-8-15(21-12)11-20-17(23)7-6-14-10-13-4-2-3-5-16(13)22-18(14)24/h2-5,8-9,14H,6-7,10-11H2,1H3,(H,20,23)(H,22,24). The number of carbonyl (C=O) groups excluding carboxylic acids is 2. The lowest BCUT2D eigenvalue weighted by Crippen LogP contribution is -2.31. The largest absolute Gasteiger partial charge is 0.350 e. The maximum absolute atomic E-state index is 12.1. The second-order valence-corrected chi connectivity index (χ2v) is 5.96. The molecular formula is C18H20N4O2. The van der Waals surface area contributed by atoms with Crippen molar-refractivity contribution in [2.75, 3.05) is 5.32 Å². The Labute approximate surface area is 140 Å². The Balaban J connectivity index is 1.49. The molecule has 1 aliphatic heterocycles. The average Bonchev–Trinajstić information content (AvgIpc) is 2.58. The first-order chi connectivity index (χ1) is 11.6. The molecule has 0 fully saturated rings. The van der Waals surface area contributed by atoms with Crippen LogP contribution in [-0.2, 0) is 22.6 Å². The number of nitrogens with one attached hydrogen (secondary N) is 2. The number of fused-ring (bicyclic) bond motifs is 1. The molecular weight excluding hydrogens is 304 g/mol. The third-order valence-corrected chi connectivity index (χ3v) is 4.13. The number of aromatic nitrogens is 2. The zero-order valence-corrected chi connectivity index (χ0v) is 13.6. The number of nitrogens with zero attached hydrogens (tertiary/aromatic N) is 2. The number of hydrogen-bond donors (Lipinski definition) is 2. The zero-order chi connectivity index (χ0) is 16.9. The molecule has 0 aliphatic carbocycles. The fourth-order valence-electron chi connectivity index (χ4n) is 2.83. The number of rotatable bonds is 5. The van der Waals surface area contributed by atoms with Crippen molar-refractivity contribution >= 4 is 17.5 Å². The van der Waals surface area contributed by atoms with Gasteiger partial charge in [0.2, 0.25) is 11.8 Å². The summed E-state index contributed by atoms with van der Waals surface area (Å²) in [5, 5.41) is 5.75. The second kappa shape index (κ2) is 7.21. The van der Waals surface area contributed by atoms with Crippen molar-refractivity contribution < 1.29 is 9.59 Å².